The van der Waals surface area contributed by atoms with Crippen LogP contribution in [0.4, 0.5) is 11.5 Å². The lowest BCUT2D eigenvalue weighted by atomic mass is 10.1. The minimum absolute atomic E-state index is 0.294. The van der Waals surface area contributed by atoms with Crippen LogP contribution in [0.25, 0.3) is 0 Å². The van der Waals surface area contributed by atoms with Gasteiger partial charge in [0.1, 0.15) is 12.4 Å². The summed E-state index contributed by atoms with van der Waals surface area (Å²) in [5.74, 6) is 7.48. The molecule has 6 heteroatoms. The Bertz CT molecular complexity index is 847. The molecule has 0 amide bonds. The van der Waals surface area contributed by atoms with Crippen molar-refractivity contribution in [2.45, 2.75) is 25.9 Å². The fourth-order valence-electron chi connectivity index (χ4n) is 4.04. The van der Waals surface area contributed by atoms with Gasteiger partial charge in [0.2, 0.25) is 0 Å². The van der Waals surface area contributed by atoms with Crippen molar-refractivity contribution in [3.63, 3.8) is 0 Å². The zero-order valence-electron chi connectivity index (χ0n) is 17.8. The smallest absolute Gasteiger partial charge is 0.147 e. The zero-order chi connectivity index (χ0) is 20.6. The van der Waals surface area contributed by atoms with E-state index < -0.39 is 0 Å². The Morgan fingerprint density at radius 1 is 0.933 bits per heavy atom. The van der Waals surface area contributed by atoms with E-state index in [2.05, 4.69) is 66.8 Å². The Labute approximate surface area is 179 Å². The minimum Gasteiger partial charge on any atom is -0.369 e. The summed E-state index contributed by atoms with van der Waals surface area (Å²) in [5, 5.41) is 0. The molecular weight excluding hydrogens is 374 g/mol. The highest BCUT2D eigenvalue weighted by Crippen LogP contribution is 2.19. The van der Waals surface area contributed by atoms with Gasteiger partial charge in [-0.3, -0.25) is 9.88 Å². The van der Waals surface area contributed by atoms with Crippen molar-refractivity contribution < 1.29 is 4.74 Å². The van der Waals surface area contributed by atoms with E-state index in [1.165, 1.54) is 5.69 Å². The number of hydrogen-bond acceptors (Lipinski definition) is 6. The molecule has 4 rings (SSSR count). The van der Waals surface area contributed by atoms with Crippen molar-refractivity contribution in [1.29, 1.82) is 0 Å². The average Bonchev–Trinajstić information content (AvgIpc) is 2.80. The summed E-state index contributed by atoms with van der Waals surface area (Å²) in [4.78, 5) is 16.0. The van der Waals surface area contributed by atoms with Gasteiger partial charge in [0.25, 0.3) is 0 Å². The van der Waals surface area contributed by atoms with Crippen molar-refractivity contribution in [3.8, 4) is 11.8 Å². The maximum atomic E-state index is 5.99. The number of aromatic nitrogens is 2. The first-order valence-electron chi connectivity index (χ1n) is 10.9. The molecule has 0 spiro atoms. The predicted octanol–water partition coefficient (Wildman–Crippen LogP) is 2.60. The molecule has 2 aliphatic rings. The lowest BCUT2D eigenvalue weighted by Crippen LogP contribution is -2.46. The van der Waals surface area contributed by atoms with Gasteiger partial charge >= 0.3 is 0 Å². The van der Waals surface area contributed by atoms with Gasteiger partial charge in [0.05, 0.1) is 24.5 Å². The van der Waals surface area contributed by atoms with E-state index in [1.807, 2.05) is 13.1 Å². The Morgan fingerprint density at radius 3 is 2.43 bits per heavy atom. The maximum absolute atomic E-state index is 5.99. The second-order valence-electron chi connectivity index (χ2n) is 7.97. The summed E-state index contributed by atoms with van der Waals surface area (Å²) < 4.78 is 5.99. The number of hydrogen-bond donors (Lipinski definition) is 0. The first-order chi connectivity index (χ1) is 14.8. The van der Waals surface area contributed by atoms with E-state index in [9.17, 15) is 0 Å². The van der Waals surface area contributed by atoms with Crippen molar-refractivity contribution >= 4 is 11.5 Å². The third-order valence-electron chi connectivity index (χ3n) is 5.82. The van der Waals surface area contributed by atoms with Crippen molar-refractivity contribution in [2.75, 3.05) is 62.2 Å². The van der Waals surface area contributed by atoms with E-state index in [1.54, 1.807) is 6.20 Å². The van der Waals surface area contributed by atoms with Crippen LogP contribution in [0, 0.1) is 18.8 Å². The monoisotopic (exact) mass is 405 g/mol. The number of piperazine rings is 1. The number of benzene rings is 1. The Balaban J connectivity index is 1.11. The van der Waals surface area contributed by atoms with Crippen LogP contribution in [-0.4, -0.2) is 73.4 Å². The first kappa shape index (κ1) is 20.6. The molecule has 0 unspecified atom stereocenters. The van der Waals surface area contributed by atoms with Crippen molar-refractivity contribution in [2.24, 2.45) is 0 Å². The topological polar surface area (TPSA) is 44.7 Å². The molecule has 0 atom stereocenters. The molecule has 3 heterocycles. The van der Waals surface area contributed by atoms with Crippen LogP contribution >= 0.6 is 0 Å². The number of ether oxygens (including phenoxy) is 1. The molecular formula is C24H31N5O. The summed E-state index contributed by atoms with van der Waals surface area (Å²) in [6, 6.07) is 10.7. The Morgan fingerprint density at radius 2 is 1.70 bits per heavy atom. The summed E-state index contributed by atoms with van der Waals surface area (Å²) in [6.45, 7) is 9.50. The Kier molecular flexibility index (Phi) is 7.17. The summed E-state index contributed by atoms with van der Waals surface area (Å²) in [6.07, 6.45) is 5.96. The van der Waals surface area contributed by atoms with Crippen molar-refractivity contribution in [3.05, 3.63) is 48.4 Å². The van der Waals surface area contributed by atoms with E-state index in [0.717, 1.165) is 70.2 Å². The van der Waals surface area contributed by atoms with Crippen LogP contribution in [-0.2, 0) is 4.74 Å². The number of aryl methyl sites for hydroxylation is 1. The maximum Gasteiger partial charge on any atom is 0.147 e. The second-order valence-corrected chi connectivity index (χ2v) is 7.97. The van der Waals surface area contributed by atoms with E-state index in [4.69, 9.17) is 4.74 Å². The molecule has 0 aliphatic carbocycles. The van der Waals surface area contributed by atoms with Gasteiger partial charge in [-0.05, 0) is 31.9 Å². The summed E-state index contributed by atoms with van der Waals surface area (Å²) in [5.41, 5.74) is 2.28. The first-order valence-corrected chi connectivity index (χ1v) is 10.9. The van der Waals surface area contributed by atoms with E-state index in [-0.39, 0.29) is 0 Å². The van der Waals surface area contributed by atoms with Gasteiger partial charge in [-0.1, -0.05) is 30.0 Å². The predicted molar refractivity (Wildman–Crippen MR) is 121 cm³/mol. The summed E-state index contributed by atoms with van der Waals surface area (Å²) >= 11 is 0. The molecule has 2 aliphatic heterocycles. The average molecular weight is 406 g/mol. The normalized spacial score (nSPS) is 18.2. The standard InChI is InChI=1S/C24H31N5O/c1-21-19-25-20-24(26-21)29-12-9-23(10-13-29)30-18-6-5-11-27-14-16-28(17-15-27)22-7-3-2-4-8-22/h2-4,7-8,19-20,23H,9-18H2,1H3. The highest BCUT2D eigenvalue weighted by molar-refractivity contribution is 5.46. The lowest BCUT2D eigenvalue weighted by Gasteiger charge is -2.35. The molecule has 1 aromatic carbocycles. The molecule has 0 saturated carbocycles. The Hall–Kier alpha value is -2.62. The molecule has 2 saturated heterocycles. The highest BCUT2D eigenvalue weighted by atomic mass is 16.5. The fraction of sp³-hybridized carbons (Fsp3) is 0.500. The fourth-order valence-corrected chi connectivity index (χ4v) is 4.04. The van der Waals surface area contributed by atoms with Gasteiger partial charge in [-0.2, -0.15) is 0 Å². The third-order valence-corrected chi connectivity index (χ3v) is 5.82. The quantitative estimate of drug-likeness (QED) is 0.713. The van der Waals surface area contributed by atoms with E-state index in [0.29, 0.717) is 12.7 Å². The van der Waals surface area contributed by atoms with Crippen LogP contribution in [0.15, 0.2) is 42.7 Å². The molecule has 0 radical (unpaired) electrons. The van der Waals surface area contributed by atoms with Gasteiger partial charge in [-0.25, -0.2) is 4.98 Å². The highest BCUT2D eigenvalue weighted by Gasteiger charge is 2.20. The second kappa shape index (κ2) is 10.4. The molecule has 6 nitrogen and oxygen atoms in total. The van der Waals surface area contributed by atoms with Crippen molar-refractivity contribution in [1.82, 2.24) is 14.9 Å². The van der Waals surface area contributed by atoms with Crippen LogP contribution in [0.5, 0.6) is 0 Å². The molecule has 30 heavy (non-hydrogen) atoms. The lowest BCUT2D eigenvalue weighted by molar-refractivity contribution is 0.0593. The van der Waals surface area contributed by atoms with Gasteiger partial charge in [-0.15, -0.1) is 0 Å². The number of nitrogens with zero attached hydrogens (tertiary/aromatic N) is 5. The number of anilines is 2. The van der Waals surface area contributed by atoms with Crippen LogP contribution in [0.1, 0.15) is 18.5 Å². The number of piperidine rings is 1. The van der Waals surface area contributed by atoms with E-state index >= 15 is 0 Å². The molecule has 1 aromatic heterocycles. The largest absolute Gasteiger partial charge is 0.369 e. The molecule has 0 bridgehead atoms. The summed E-state index contributed by atoms with van der Waals surface area (Å²) in [7, 11) is 0. The van der Waals surface area contributed by atoms with Crippen LogP contribution in [0.2, 0.25) is 0 Å². The third kappa shape index (κ3) is 5.71. The van der Waals surface area contributed by atoms with Crippen LogP contribution in [0.3, 0.4) is 0 Å². The number of para-hydroxylation sites is 1. The molecule has 0 N–H and O–H groups in total. The molecule has 158 valence electrons. The zero-order valence-corrected chi connectivity index (χ0v) is 17.8. The molecule has 2 aromatic rings. The number of rotatable bonds is 5. The SMILES string of the molecule is Cc1cncc(N2CCC(OCC#CCN3CCN(c4ccccc4)CC3)CC2)n1. The van der Waals surface area contributed by atoms with Gasteiger partial charge in [0.15, 0.2) is 0 Å². The molecule has 2 fully saturated rings. The van der Waals surface area contributed by atoms with Gasteiger partial charge < -0.3 is 14.5 Å². The van der Waals surface area contributed by atoms with Gasteiger partial charge in [0, 0.05) is 51.2 Å². The minimum atomic E-state index is 0.294. The van der Waals surface area contributed by atoms with Crippen LogP contribution < -0.4 is 9.80 Å².